The van der Waals surface area contributed by atoms with Gasteiger partial charge in [-0.2, -0.15) is 0 Å². The second-order valence-electron chi connectivity index (χ2n) is 3.17. The van der Waals surface area contributed by atoms with Crippen LogP contribution in [0, 0.1) is 0 Å². The van der Waals surface area contributed by atoms with Crippen LogP contribution < -0.4 is 4.74 Å². The van der Waals surface area contributed by atoms with Crippen molar-refractivity contribution in [3.05, 3.63) is 28.2 Å². The van der Waals surface area contributed by atoms with Gasteiger partial charge < -0.3 is 9.84 Å². The molecule has 82 valence electrons. The van der Waals surface area contributed by atoms with Crippen LogP contribution in [-0.2, 0) is 0 Å². The number of rotatable bonds is 5. The fraction of sp³-hybridized carbons (Fsp3) is 0.364. The number of aliphatic hydroxyl groups excluding tert-OH is 1. The largest absolute Gasteiger partial charge is 0.490 e. The van der Waals surface area contributed by atoms with E-state index in [4.69, 9.17) is 4.74 Å². The Hall–Kier alpha value is -0.870. The van der Waals surface area contributed by atoms with E-state index in [-0.39, 0.29) is 6.61 Å². The molecule has 0 heterocycles. The fourth-order valence-corrected chi connectivity index (χ4v) is 1.43. The van der Waals surface area contributed by atoms with Crippen LogP contribution in [-0.4, -0.2) is 24.1 Å². The summed E-state index contributed by atoms with van der Waals surface area (Å²) in [6, 6.07) is 5.18. The molecule has 0 saturated heterocycles. The van der Waals surface area contributed by atoms with Crippen molar-refractivity contribution >= 4 is 22.2 Å². The molecular weight excluding hydrogens is 260 g/mol. The lowest BCUT2D eigenvalue weighted by molar-refractivity contribution is 0.101. The van der Waals surface area contributed by atoms with E-state index in [1.807, 2.05) is 6.92 Å². The minimum absolute atomic E-state index is 0.207. The number of benzene rings is 1. The zero-order valence-electron chi connectivity index (χ0n) is 8.44. The molecule has 0 aliphatic heterocycles. The number of aldehydes is 1. The molecule has 1 N–H and O–H groups in total. The van der Waals surface area contributed by atoms with Crippen molar-refractivity contribution in [3.63, 3.8) is 0 Å². The van der Waals surface area contributed by atoms with Crippen LogP contribution in [0.3, 0.4) is 0 Å². The number of hydrogen-bond donors (Lipinski definition) is 1. The zero-order valence-corrected chi connectivity index (χ0v) is 10.0. The smallest absolute Gasteiger partial charge is 0.153 e. The SMILES string of the molecule is CCC(O)COc1ccc(Br)cc1C=O. The second kappa shape index (κ2) is 5.88. The van der Waals surface area contributed by atoms with Crippen LogP contribution in [0.15, 0.2) is 22.7 Å². The molecule has 0 fully saturated rings. The molecule has 0 aliphatic rings. The highest BCUT2D eigenvalue weighted by Gasteiger charge is 2.06. The van der Waals surface area contributed by atoms with Crippen LogP contribution in [0.5, 0.6) is 5.75 Å². The van der Waals surface area contributed by atoms with Gasteiger partial charge in [0.05, 0.1) is 11.7 Å². The zero-order chi connectivity index (χ0) is 11.3. The summed E-state index contributed by atoms with van der Waals surface area (Å²) in [5.74, 6) is 0.501. The molecule has 0 amide bonds. The Bertz CT molecular complexity index is 339. The molecule has 1 unspecified atom stereocenters. The van der Waals surface area contributed by atoms with Crippen LogP contribution in [0.25, 0.3) is 0 Å². The lowest BCUT2D eigenvalue weighted by Crippen LogP contribution is -2.16. The average molecular weight is 273 g/mol. The molecule has 1 aromatic carbocycles. The molecule has 1 aromatic rings. The van der Waals surface area contributed by atoms with Gasteiger partial charge in [0.15, 0.2) is 6.29 Å². The maximum atomic E-state index is 10.7. The van der Waals surface area contributed by atoms with E-state index >= 15 is 0 Å². The van der Waals surface area contributed by atoms with Gasteiger partial charge in [-0.1, -0.05) is 22.9 Å². The van der Waals surface area contributed by atoms with E-state index in [1.165, 1.54) is 0 Å². The third kappa shape index (κ3) is 3.64. The van der Waals surface area contributed by atoms with Crippen LogP contribution in [0.4, 0.5) is 0 Å². The van der Waals surface area contributed by atoms with Crippen LogP contribution >= 0.6 is 15.9 Å². The molecule has 0 aliphatic carbocycles. The maximum absolute atomic E-state index is 10.7. The van der Waals surface area contributed by atoms with Gasteiger partial charge >= 0.3 is 0 Å². The van der Waals surface area contributed by atoms with E-state index in [0.29, 0.717) is 17.7 Å². The van der Waals surface area contributed by atoms with E-state index in [1.54, 1.807) is 18.2 Å². The Morgan fingerprint density at radius 3 is 2.93 bits per heavy atom. The number of halogens is 1. The number of carbonyl (C=O) groups excluding carboxylic acids is 1. The molecule has 0 saturated carbocycles. The summed E-state index contributed by atoms with van der Waals surface area (Å²) in [7, 11) is 0. The van der Waals surface area contributed by atoms with Crippen molar-refractivity contribution in [2.24, 2.45) is 0 Å². The maximum Gasteiger partial charge on any atom is 0.153 e. The molecule has 1 rings (SSSR count). The third-order valence-corrected chi connectivity index (χ3v) is 2.49. The monoisotopic (exact) mass is 272 g/mol. The molecule has 0 spiro atoms. The normalized spacial score (nSPS) is 12.2. The first-order valence-corrected chi connectivity index (χ1v) is 5.52. The predicted octanol–water partition coefficient (Wildman–Crippen LogP) is 2.41. The van der Waals surface area contributed by atoms with Gasteiger partial charge in [-0.3, -0.25) is 4.79 Å². The van der Waals surface area contributed by atoms with E-state index in [0.717, 1.165) is 10.8 Å². The highest BCUT2D eigenvalue weighted by Crippen LogP contribution is 2.21. The highest BCUT2D eigenvalue weighted by atomic mass is 79.9. The quantitative estimate of drug-likeness (QED) is 0.838. The van der Waals surface area contributed by atoms with E-state index in [9.17, 15) is 9.90 Å². The average Bonchev–Trinajstić information content (AvgIpc) is 2.26. The van der Waals surface area contributed by atoms with Crippen LogP contribution in [0.1, 0.15) is 23.7 Å². The molecular formula is C11H13BrO3. The summed E-state index contributed by atoms with van der Waals surface area (Å²) in [6.45, 7) is 2.08. The van der Waals surface area contributed by atoms with Gasteiger partial charge in [-0.15, -0.1) is 0 Å². The first-order valence-electron chi connectivity index (χ1n) is 4.73. The summed E-state index contributed by atoms with van der Waals surface area (Å²) in [5, 5.41) is 9.31. The molecule has 3 nitrogen and oxygen atoms in total. The summed E-state index contributed by atoms with van der Waals surface area (Å²) in [6.07, 6.45) is 0.874. The Morgan fingerprint density at radius 2 is 2.33 bits per heavy atom. The van der Waals surface area contributed by atoms with Crippen molar-refractivity contribution < 1.29 is 14.6 Å². The number of ether oxygens (including phenoxy) is 1. The van der Waals surface area contributed by atoms with Crippen molar-refractivity contribution in [2.75, 3.05) is 6.61 Å². The van der Waals surface area contributed by atoms with E-state index in [2.05, 4.69) is 15.9 Å². The van der Waals surface area contributed by atoms with Gasteiger partial charge in [0.2, 0.25) is 0 Å². The minimum Gasteiger partial charge on any atom is -0.490 e. The standard InChI is InChI=1S/C11H13BrO3/c1-2-10(14)7-15-11-4-3-9(12)5-8(11)6-13/h3-6,10,14H,2,7H2,1H3. The number of hydrogen-bond acceptors (Lipinski definition) is 3. The van der Waals surface area contributed by atoms with Gasteiger partial charge in [0.25, 0.3) is 0 Å². The molecule has 15 heavy (non-hydrogen) atoms. The van der Waals surface area contributed by atoms with Gasteiger partial charge in [0, 0.05) is 4.47 Å². The van der Waals surface area contributed by atoms with Gasteiger partial charge in [0.1, 0.15) is 12.4 Å². The topological polar surface area (TPSA) is 46.5 Å². The molecule has 4 heteroatoms. The molecule has 0 aromatic heterocycles. The summed E-state index contributed by atoms with van der Waals surface area (Å²) < 4.78 is 6.16. The van der Waals surface area contributed by atoms with Gasteiger partial charge in [-0.25, -0.2) is 0 Å². The van der Waals surface area contributed by atoms with Crippen molar-refractivity contribution in [1.29, 1.82) is 0 Å². The van der Waals surface area contributed by atoms with Crippen molar-refractivity contribution in [1.82, 2.24) is 0 Å². The summed E-state index contributed by atoms with van der Waals surface area (Å²) in [4.78, 5) is 10.7. The Balaban J connectivity index is 2.72. The van der Waals surface area contributed by atoms with Crippen molar-refractivity contribution in [3.8, 4) is 5.75 Å². The highest BCUT2D eigenvalue weighted by molar-refractivity contribution is 9.10. The first kappa shape index (κ1) is 12.2. The lowest BCUT2D eigenvalue weighted by atomic mass is 10.2. The molecule has 0 bridgehead atoms. The lowest BCUT2D eigenvalue weighted by Gasteiger charge is -2.11. The predicted molar refractivity (Wildman–Crippen MR) is 61.3 cm³/mol. The summed E-state index contributed by atoms with van der Waals surface area (Å²) in [5.41, 5.74) is 0.479. The van der Waals surface area contributed by atoms with Crippen LogP contribution in [0.2, 0.25) is 0 Å². The number of carbonyl (C=O) groups is 1. The second-order valence-corrected chi connectivity index (χ2v) is 4.09. The Kier molecular flexibility index (Phi) is 4.78. The Morgan fingerprint density at radius 1 is 1.60 bits per heavy atom. The minimum atomic E-state index is -0.492. The van der Waals surface area contributed by atoms with E-state index < -0.39 is 6.10 Å². The fourth-order valence-electron chi connectivity index (χ4n) is 1.05. The Labute approximate surface area is 97.2 Å². The summed E-state index contributed by atoms with van der Waals surface area (Å²) >= 11 is 3.27. The third-order valence-electron chi connectivity index (χ3n) is 2.00. The molecule has 0 radical (unpaired) electrons. The van der Waals surface area contributed by atoms with Crippen molar-refractivity contribution in [2.45, 2.75) is 19.4 Å². The number of aliphatic hydroxyl groups is 1. The first-order chi connectivity index (χ1) is 7.17. The van der Waals surface area contributed by atoms with Gasteiger partial charge in [-0.05, 0) is 24.6 Å². The molecule has 1 atom stereocenters.